The molecule has 7 heteroatoms. The van der Waals surface area contributed by atoms with Crippen LogP contribution in [0.15, 0.2) is 72.3 Å². The van der Waals surface area contributed by atoms with Crippen molar-refractivity contribution in [2.75, 3.05) is 16.8 Å². The van der Waals surface area contributed by atoms with Crippen LogP contribution in [-0.2, 0) is 20.8 Å². The third kappa shape index (κ3) is 5.87. The third-order valence-electron chi connectivity index (χ3n) is 6.61. The average Bonchev–Trinajstić information content (AvgIpc) is 3.17. The zero-order valence-electron chi connectivity index (χ0n) is 22.9. The van der Waals surface area contributed by atoms with Crippen molar-refractivity contribution in [2.24, 2.45) is 5.92 Å². The third-order valence-corrected chi connectivity index (χ3v) is 6.61. The number of nitrogens with zero attached hydrogens (tertiary/aromatic N) is 1. The lowest BCUT2D eigenvalue weighted by atomic mass is 9.93. The van der Waals surface area contributed by atoms with Gasteiger partial charge in [-0.05, 0) is 72.4 Å². The minimum absolute atomic E-state index is 0.00410. The van der Waals surface area contributed by atoms with E-state index in [-0.39, 0.29) is 17.2 Å². The Bertz CT molecular complexity index is 1440. The summed E-state index contributed by atoms with van der Waals surface area (Å²) in [5.41, 5.74) is 3.95. The van der Waals surface area contributed by atoms with Crippen molar-refractivity contribution in [3.63, 3.8) is 0 Å². The minimum Gasteiger partial charge on any atom is -0.507 e. The molecule has 3 aromatic rings. The van der Waals surface area contributed by atoms with Gasteiger partial charge in [-0.25, -0.2) is 0 Å². The Balaban J connectivity index is 1.85. The number of carbonyl (C=O) groups excluding carboxylic acids is 3. The van der Waals surface area contributed by atoms with Gasteiger partial charge in [0.05, 0.1) is 18.2 Å². The summed E-state index contributed by atoms with van der Waals surface area (Å²) < 4.78 is 5.87. The first-order valence-electron chi connectivity index (χ1n) is 13.1. The number of aryl methyl sites for hydroxylation is 2. The lowest BCUT2D eigenvalue weighted by Crippen LogP contribution is -2.29. The standard InChI is InChI=1S/C32H34N2O5/c1-6-22-10-12-23(13-11-22)29-28(30(36)24-14-15-27(20(4)16-24)39-18-19(2)3)31(37)32(38)34(29)26-9-7-8-25(17-26)33-21(5)35/h7-17,19,29,36H,6,18H2,1-5H3,(H,33,35)/b30-28+. The Hall–Kier alpha value is -4.39. The number of nitrogens with one attached hydrogen (secondary N) is 1. The number of anilines is 2. The number of Topliss-reactive ketones (excluding diaryl/α,β-unsaturated/α-hetero) is 1. The topological polar surface area (TPSA) is 95.9 Å². The number of hydrogen-bond donors (Lipinski definition) is 2. The molecule has 3 aromatic carbocycles. The van der Waals surface area contributed by atoms with Gasteiger partial charge in [-0.3, -0.25) is 19.3 Å². The minimum atomic E-state index is -0.861. The molecular formula is C32H34N2O5. The quantitative estimate of drug-likeness (QED) is 0.208. The van der Waals surface area contributed by atoms with Crippen LogP contribution < -0.4 is 15.0 Å². The van der Waals surface area contributed by atoms with Gasteiger partial charge >= 0.3 is 0 Å². The van der Waals surface area contributed by atoms with E-state index >= 15 is 0 Å². The van der Waals surface area contributed by atoms with E-state index in [1.165, 1.54) is 11.8 Å². The van der Waals surface area contributed by atoms with Crippen LogP contribution in [-0.4, -0.2) is 29.3 Å². The number of rotatable bonds is 8. The average molecular weight is 527 g/mol. The Morgan fingerprint density at radius 2 is 1.77 bits per heavy atom. The molecule has 0 aromatic heterocycles. The van der Waals surface area contributed by atoms with Crippen molar-refractivity contribution >= 4 is 34.7 Å². The molecule has 1 saturated heterocycles. The summed E-state index contributed by atoms with van der Waals surface area (Å²) in [6, 6.07) is 18.8. The SMILES string of the molecule is CCc1ccc(C2/C(=C(\O)c3ccc(OCC(C)C)c(C)c3)C(=O)C(=O)N2c2cccc(NC(C)=O)c2)cc1. The number of benzene rings is 3. The van der Waals surface area contributed by atoms with Gasteiger partial charge in [0.1, 0.15) is 11.5 Å². The molecule has 1 aliphatic rings. The van der Waals surface area contributed by atoms with Crippen LogP contribution in [0, 0.1) is 12.8 Å². The highest BCUT2D eigenvalue weighted by atomic mass is 16.5. The van der Waals surface area contributed by atoms with Gasteiger partial charge in [0.15, 0.2) is 0 Å². The van der Waals surface area contributed by atoms with E-state index in [2.05, 4.69) is 19.2 Å². The highest BCUT2D eigenvalue weighted by Gasteiger charge is 2.47. The summed E-state index contributed by atoms with van der Waals surface area (Å²) in [5.74, 6) is -0.984. The number of aliphatic hydroxyl groups excluding tert-OH is 1. The summed E-state index contributed by atoms with van der Waals surface area (Å²) >= 11 is 0. The van der Waals surface area contributed by atoms with Crippen LogP contribution >= 0.6 is 0 Å². The normalized spacial score (nSPS) is 16.6. The molecular weight excluding hydrogens is 492 g/mol. The highest BCUT2D eigenvalue weighted by Crippen LogP contribution is 2.43. The second-order valence-electron chi connectivity index (χ2n) is 10.2. The number of ketones is 1. The van der Waals surface area contributed by atoms with Crippen LogP contribution in [0.25, 0.3) is 5.76 Å². The maximum absolute atomic E-state index is 13.5. The van der Waals surface area contributed by atoms with E-state index in [9.17, 15) is 19.5 Å². The number of carbonyl (C=O) groups is 3. The molecule has 1 heterocycles. The predicted octanol–water partition coefficient (Wildman–Crippen LogP) is 6.18. The summed E-state index contributed by atoms with van der Waals surface area (Å²) in [5, 5.41) is 14.2. The molecule has 2 N–H and O–H groups in total. The molecule has 0 spiro atoms. The van der Waals surface area contributed by atoms with Crippen molar-refractivity contribution in [2.45, 2.75) is 47.1 Å². The highest BCUT2D eigenvalue weighted by molar-refractivity contribution is 6.51. The Morgan fingerprint density at radius 3 is 2.38 bits per heavy atom. The summed E-state index contributed by atoms with van der Waals surface area (Å²) in [4.78, 5) is 40.0. The molecule has 1 unspecified atom stereocenters. The van der Waals surface area contributed by atoms with Gasteiger partial charge in [-0.1, -0.05) is 51.1 Å². The molecule has 1 aliphatic heterocycles. The van der Waals surface area contributed by atoms with Crippen molar-refractivity contribution in [3.05, 3.63) is 94.6 Å². The van der Waals surface area contributed by atoms with Crippen molar-refractivity contribution in [1.29, 1.82) is 0 Å². The molecule has 0 bridgehead atoms. The number of ether oxygens (including phenoxy) is 1. The smallest absolute Gasteiger partial charge is 0.300 e. The summed E-state index contributed by atoms with van der Waals surface area (Å²) in [6.07, 6.45) is 0.837. The van der Waals surface area contributed by atoms with Crippen LogP contribution in [0.1, 0.15) is 56.0 Å². The number of hydrogen-bond acceptors (Lipinski definition) is 5. The van der Waals surface area contributed by atoms with Gasteiger partial charge in [0.25, 0.3) is 11.7 Å². The number of amides is 2. The van der Waals surface area contributed by atoms with Crippen molar-refractivity contribution in [1.82, 2.24) is 0 Å². The fourth-order valence-electron chi connectivity index (χ4n) is 4.66. The van der Waals surface area contributed by atoms with Crippen LogP contribution in [0.4, 0.5) is 11.4 Å². The van der Waals surface area contributed by atoms with Crippen molar-refractivity contribution in [3.8, 4) is 5.75 Å². The molecule has 0 aliphatic carbocycles. The first-order valence-corrected chi connectivity index (χ1v) is 13.1. The van der Waals surface area contributed by atoms with Crippen LogP contribution in [0.3, 0.4) is 0 Å². The van der Waals surface area contributed by atoms with E-state index < -0.39 is 17.7 Å². The van der Waals surface area contributed by atoms with Crippen molar-refractivity contribution < 1.29 is 24.2 Å². The Kier molecular flexibility index (Phi) is 8.19. The molecule has 2 amide bonds. The maximum atomic E-state index is 13.5. The molecule has 39 heavy (non-hydrogen) atoms. The lowest BCUT2D eigenvalue weighted by Gasteiger charge is -2.26. The summed E-state index contributed by atoms with van der Waals surface area (Å²) in [7, 11) is 0. The molecule has 7 nitrogen and oxygen atoms in total. The fourth-order valence-corrected chi connectivity index (χ4v) is 4.66. The lowest BCUT2D eigenvalue weighted by molar-refractivity contribution is -0.132. The zero-order valence-corrected chi connectivity index (χ0v) is 22.9. The largest absolute Gasteiger partial charge is 0.507 e. The van der Waals surface area contributed by atoms with E-state index in [0.29, 0.717) is 40.8 Å². The summed E-state index contributed by atoms with van der Waals surface area (Å²) in [6.45, 7) is 10.0. The molecule has 1 fully saturated rings. The van der Waals surface area contributed by atoms with E-state index in [4.69, 9.17) is 4.74 Å². The predicted molar refractivity (Wildman–Crippen MR) is 153 cm³/mol. The van der Waals surface area contributed by atoms with Gasteiger partial charge in [0.2, 0.25) is 5.91 Å². The molecule has 4 rings (SSSR count). The maximum Gasteiger partial charge on any atom is 0.300 e. The van der Waals surface area contributed by atoms with Gasteiger partial charge in [-0.15, -0.1) is 0 Å². The van der Waals surface area contributed by atoms with Gasteiger partial charge in [-0.2, -0.15) is 0 Å². The second-order valence-corrected chi connectivity index (χ2v) is 10.2. The monoisotopic (exact) mass is 526 g/mol. The molecule has 1 atom stereocenters. The van der Waals surface area contributed by atoms with Gasteiger partial charge < -0.3 is 15.2 Å². The number of aliphatic hydroxyl groups is 1. The van der Waals surface area contributed by atoms with Crippen LogP contribution in [0.5, 0.6) is 5.75 Å². The fraction of sp³-hybridized carbons (Fsp3) is 0.281. The second kappa shape index (κ2) is 11.6. The van der Waals surface area contributed by atoms with E-state index in [1.54, 1.807) is 42.5 Å². The first kappa shape index (κ1) is 27.6. The molecule has 202 valence electrons. The van der Waals surface area contributed by atoms with E-state index in [1.807, 2.05) is 38.1 Å². The Morgan fingerprint density at radius 1 is 1.05 bits per heavy atom. The molecule has 0 radical (unpaired) electrons. The van der Waals surface area contributed by atoms with Crippen LogP contribution in [0.2, 0.25) is 0 Å². The first-order chi connectivity index (χ1) is 18.6. The Labute approximate surface area is 229 Å². The van der Waals surface area contributed by atoms with E-state index in [0.717, 1.165) is 17.5 Å². The van der Waals surface area contributed by atoms with Gasteiger partial charge in [0, 0.05) is 23.9 Å². The molecule has 0 saturated carbocycles. The zero-order chi connectivity index (χ0) is 28.3.